The molecular weight excluding hydrogens is 823 g/mol. The van der Waals surface area contributed by atoms with E-state index in [1.165, 1.54) is 6.07 Å². The van der Waals surface area contributed by atoms with E-state index >= 15 is 8.78 Å². The lowest BCUT2D eigenvalue weighted by Crippen LogP contribution is -2.57. The number of anilines is 2. The van der Waals surface area contributed by atoms with Crippen LogP contribution in [0.25, 0.3) is 32.1 Å². The van der Waals surface area contributed by atoms with Crippen molar-refractivity contribution in [3.05, 3.63) is 34.4 Å². The first-order valence-electron chi connectivity index (χ1n) is 20.2. The number of ether oxygens (including phenoxy) is 4. The molecule has 10 rings (SSSR count). The minimum atomic E-state index is -1.00. The first-order valence-corrected chi connectivity index (χ1v) is 21.3. The number of aromatic nitrogens is 2. The summed E-state index contributed by atoms with van der Waals surface area (Å²) in [6, 6.07) is 3.95. The van der Waals surface area contributed by atoms with Gasteiger partial charge < -0.3 is 28.7 Å². The predicted molar refractivity (Wildman–Crippen MR) is 220 cm³/mol. The molecule has 3 unspecified atom stereocenters. The summed E-state index contributed by atoms with van der Waals surface area (Å²) in [4.78, 5) is 41.6. The highest BCUT2D eigenvalue weighted by atomic mass is 35.5. The Morgan fingerprint density at radius 2 is 1.87 bits per heavy atom. The minimum absolute atomic E-state index is 0.00839. The van der Waals surface area contributed by atoms with Gasteiger partial charge >= 0.3 is 18.2 Å². The number of nitrogens with zero attached hydrogens (tertiary/aromatic N) is 6. The molecule has 18 heteroatoms. The molecule has 5 atom stereocenters. The van der Waals surface area contributed by atoms with Gasteiger partial charge in [-0.3, -0.25) is 10.2 Å². The van der Waals surface area contributed by atoms with Gasteiger partial charge in [-0.15, -0.1) is 11.3 Å². The predicted octanol–water partition coefficient (Wildman–Crippen LogP) is 8.82. The number of nitriles is 1. The third-order valence-corrected chi connectivity index (χ3v) is 13.5. The Hall–Kier alpha value is -4.79. The molecule has 4 saturated heterocycles. The number of benzene rings is 2. The van der Waals surface area contributed by atoms with Crippen LogP contribution in [-0.4, -0.2) is 106 Å². The Labute approximate surface area is 353 Å². The lowest BCUT2D eigenvalue weighted by Gasteiger charge is -2.44. The quantitative estimate of drug-likeness (QED) is 0.199. The highest BCUT2D eigenvalue weighted by Crippen LogP contribution is 2.53. The van der Waals surface area contributed by atoms with E-state index in [2.05, 4.69) is 21.3 Å². The summed E-state index contributed by atoms with van der Waals surface area (Å²) in [6.07, 6.45) is 0.386. The van der Waals surface area contributed by atoms with Gasteiger partial charge in [0, 0.05) is 36.4 Å². The molecule has 4 aromatic rings. The molecule has 318 valence electrons. The van der Waals surface area contributed by atoms with Crippen molar-refractivity contribution in [2.75, 3.05) is 49.6 Å². The fraction of sp³-hybridized carbons (Fsp3) is 0.548. The van der Waals surface area contributed by atoms with Gasteiger partial charge in [0.25, 0.3) is 0 Å². The molecule has 5 fully saturated rings. The van der Waals surface area contributed by atoms with Crippen LogP contribution in [-0.2, 0) is 9.47 Å². The normalized spacial score (nSPS) is 24.8. The SMILES string of the molecule is CC(C)(C)OC(=O)Nc1sc2c(F)ccc(-c3c(Cl)c4c5c(nc(OC[C@@]67CCCN6C[C@H](F)C7)nc5c3F)N(C3C5CC3N(C(=O)OC(C)(C)C)C5)CCO4)c2c1C#N. The molecule has 2 amide bonds. The van der Waals surface area contributed by atoms with Crippen LogP contribution in [0.15, 0.2) is 12.1 Å². The third kappa shape index (κ3) is 6.78. The van der Waals surface area contributed by atoms with E-state index in [1.54, 1.807) is 25.7 Å². The van der Waals surface area contributed by atoms with Crippen LogP contribution < -0.4 is 19.7 Å². The van der Waals surface area contributed by atoms with E-state index in [0.717, 1.165) is 43.2 Å². The van der Waals surface area contributed by atoms with Crippen molar-refractivity contribution in [2.24, 2.45) is 5.92 Å². The number of fused-ring (bicyclic) bond motifs is 3. The largest absolute Gasteiger partial charge is 0.489 e. The Kier molecular flexibility index (Phi) is 9.75. The second-order valence-electron chi connectivity index (χ2n) is 18.3. The average molecular weight is 868 g/mol. The van der Waals surface area contributed by atoms with Gasteiger partial charge in [-0.25, -0.2) is 22.8 Å². The van der Waals surface area contributed by atoms with Crippen LogP contribution in [0.4, 0.5) is 33.6 Å². The lowest BCUT2D eigenvalue weighted by atomic mass is 9.78. The lowest BCUT2D eigenvalue weighted by molar-refractivity contribution is 0.0231. The van der Waals surface area contributed by atoms with E-state index in [4.69, 9.17) is 35.5 Å². The molecule has 13 nitrogen and oxygen atoms in total. The van der Waals surface area contributed by atoms with Crippen molar-refractivity contribution < 1.29 is 41.7 Å². The molecule has 2 aromatic heterocycles. The molecule has 1 saturated carbocycles. The number of carbonyl (C=O) groups is 2. The van der Waals surface area contributed by atoms with E-state index in [-0.39, 0.29) is 97.2 Å². The minimum Gasteiger partial charge on any atom is -0.489 e. The third-order valence-electron chi connectivity index (χ3n) is 12.1. The van der Waals surface area contributed by atoms with Gasteiger partial charge in [-0.2, -0.15) is 15.2 Å². The second-order valence-corrected chi connectivity index (χ2v) is 19.7. The molecule has 1 aliphatic carbocycles. The van der Waals surface area contributed by atoms with Crippen molar-refractivity contribution in [1.29, 1.82) is 5.26 Å². The Balaban J connectivity index is 1.19. The number of hydrogen-bond acceptors (Lipinski definition) is 12. The van der Waals surface area contributed by atoms with Crippen LogP contribution in [0.2, 0.25) is 5.02 Å². The number of rotatable bonds is 6. The molecule has 2 bridgehead atoms. The first-order chi connectivity index (χ1) is 28.4. The van der Waals surface area contributed by atoms with E-state index < -0.39 is 46.7 Å². The van der Waals surface area contributed by atoms with Gasteiger partial charge in [0.2, 0.25) is 0 Å². The van der Waals surface area contributed by atoms with E-state index in [1.807, 2.05) is 25.7 Å². The Morgan fingerprint density at radius 1 is 1.10 bits per heavy atom. The number of amides is 2. The average Bonchev–Trinajstić information content (AvgIpc) is 3.95. The molecule has 0 spiro atoms. The van der Waals surface area contributed by atoms with Gasteiger partial charge in [-0.05, 0) is 79.0 Å². The first kappa shape index (κ1) is 40.6. The number of hydrogen-bond donors (Lipinski definition) is 1. The van der Waals surface area contributed by atoms with E-state index in [9.17, 15) is 19.2 Å². The highest BCUT2D eigenvalue weighted by molar-refractivity contribution is 7.23. The maximum atomic E-state index is 17.7. The molecule has 1 N–H and O–H groups in total. The summed E-state index contributed by atoms with van der Waals surface area (Å²) in [5, 5.41) is 13.0. The van der Waals surface area contributed by atoms with Gasteiger partial charge in [0.15, 0.2) is 11.6 Å². The zero-order valence-electron chi connectivity index (χ0n) is 34.1. The number of thiophene rings is 1. The zero-order chi connectivity index (χ0) is 42.6. The summed E-state index contributed by atoms with van der Waals surface area (Å²) in [7, 11) is 0. The molecule has 7 heterocycles. The maximum absolute atomic E-state index is 17.7. The van der Waals surface area contributed by atoms with Gasteiger partial charge in [0.05, 0.1) is 44.8 Å². The van der Waals surface area contributed by atoms with Crippen molar-refractivity contribution >= 4 is 66.9 Å². The fourth-order valence-corrected chi connectivity index (χ4v) is 11.1. The van der Waals surface area contributed by atoms with Crippen LogP contribution in [0.1, 0.15) is 72.8 Å². The second kappa shape index (κ2) is 14.4. The van der Waals surface area contributed by atoms with E-state index in [0.29, 0.717) is 25.3 Å². The summed E-state index contributed by atoms with van der Waals surface area (Å²) in [6.45, 7) is 12.5. The van der Waals surface area contributed by atoms with Crippen LogP contribution >= 0.6 is 22.9 Å². The molecule has 6 aliphatic rings. The summed E-state index contributed by atoms with van der Waals surface area (Å²) < 4.78 is 72.0. The standard InChI is InChI=1S/C42H45ClF3N7O6S/c1-40(2,3)58-38(54)50-36-23(16-47)26-22(8-9-24(45)34(26)60-36)27-29(43)33-28-31(30(27)46)48-37(57-19-42-10-7-11-51(42)18-21(44)15-42)49-35(28)52(12-13-56-33)32-20-14-25(32)53(17-20)39(55)59-41(4,5)6/h8-9,20-21,25,32H,7,10-15,17-19H2,1-6H3,(H,50,54)/t20?,21-,25?,32?,42+/m1/s1. The number of carbonyl (C=O) groups excluding carboxylic acids is 2. The Morgan fingerprint density at radius 3 is 2.60 bits per heavy atom. The highest BCUT2D eigenvalue weighted by Gasteiger charge is 2.58. The van der Waals surface area contributed by atoms with Gasteiger partial charge in [0.1, 0.15) is 58.8 Å². The number of alkyl halides is 1. The van der Waals surface area contributed by atoms with Crippen LogP contribution in [0.3, 0.4) is 0 Å². The van der Waals surface area contributed by atoms with Gasteiger partial charge in [-0.1, -0.05) is 17.7 Å². The molecule has 0 radical (unpaired) electrons. The monoisotopic (exact) mass is 867 g/mol. The zero-order valence-corrected chi connectivity index (χ0v) is 35.7. The maximum Gasteiger partial charge on any atom is 0.412 e. The van der Waals surface area contributed by atoms with Crippen molar-refractivity contribution in [2.45, 2.75) is 102 Å². The topological polar surface area (TPSA) is 142 Å². The van der Waals surface area contributed by atoms with Crippen LogP contribution in [0, 0.1) is 28.9 Å². The Bertz CT molecular complexity index is 2500. The summed E-state index contributed by atoms with van der Waals surface area (Å²) >= 11 is 8.00. The fourth-order valence-electron chi connectivity index (χ4n) is 9.72. The van der Waals surface area contributed by atoms with Crippen molar-refractivity contribution in [3.8, 4) is 29.0 Å². The number of halogens is 4. The molecular formula is C42H45ClF3N7O6S. The summed E-state index contributed by atoms with van der Waals surface area (Å²) in [5.74, 6) is -1.16. The number of nitrogens with one attached hydrogen (secondary N) is 1. The summed E-state index contributed by atoms with van der Waals surface area (Å²) in [5.41, 5.74) is -2.55. The van der Waals surface area contributed by atoms with Crippen molar-refractivity contribution in [3.63, 3.8) is 0 Å². The molecule has 2 aromatic carbocycles. The molecule has 5 aliphatic heterocycles. The molecule has 60 heavy (non-hydrogen) atoms. The van der Waals surface area contributed by atoms with Crippen LogP contribution in [0.5, 0.6) is 11.8 Å². The smallest absolute Gasteiger partial charge is 0.412 e. The van der Waals surface area contributed by atoms with Crippen molar-refractivity contribution in [1.82, 2.24) is 19.8 Å².